The molecule has 2 aromatic rings. The minimum atomic E-state index is -0.953. The molecule has 4 heterocycles. The number of morpholine rings is 1. The van der Waals surface area contributed by atoms with E-state index in [4.69, 9.17) is 23.9 Å². The molecule has 0 saturated carbocycles. The number of methoxy groups -OCH3 is 1. The van der Waals surface area contributed by atoms with Crippen molar-refractivity contribution in [1.29, 1.82) is 0 Å². The third-order valence-electron chi connectivity index (χ3n) is 9.08. The molecule has 2 amide bonds. The molecule has 0 aliphatic carbocycles. The third-order valence-corrected chi connectivity index (χ3v) is 9.08. The van der Waals surface area contributed by atoms with Gasteiger partial charge in [-0.25, -0.2) is 9.18 Å². The Kier molecular flexibility index (Phi) is 11.0. The molecule has 46 heavy (non-hydrogen) atoms. The number of pyridine rings is 1. The number of hydrogen-bond acceptors (Lipinski definition) is 9. The number of rotatable bonds is 10. The number of ether oxygens (including phenoxy) is 4. The molecule has 5 rings (SSSR count). The van der Waals surface area contributed by atoms with Gasteiger partial charge in [0.15, 0.2) is 0 Å². The number of piperazine rings is 1. The van der Waals surface area contributed by atoms with E-state index in [2.05, 4.69) is 23.6 Å². The van der Waals surface area contributed by atoms with Gasteiger partial charge in [-0.05, 0) is 51.5 Å². The molecule has 12 nitrogen and oxygen atoms in total. The normalized spacial score (nSPS) is 25.6. The fourth-order valence-corrected chi connectivity index (χ4v) is 6.61. The molecule has 1 aromatic carbocycles. The number of hydrogen-bond donors (Lipinski definition) is 1. The van der Waals surface area contributed by atoms with Crippen molar-refractivity contribution in [3.05, 3.63) is 47.3 Å². The fraction of sp³-hybridized carbons (Fsp3) is 0.606. The average Bonchev–Trinajstić information content (AvgIpc) is 3.01. The van der Waals surface area contributed by atoms with Crippen LogP contribution >= 0.6 is 0 Å². The second-order valence-corrected chi connectivity index (χ2v) is 12.6. The van der Waals surface area contributed by atoms with E-state index in [0.717, 1.165) is 11.1 Å². The number of carbonyl (C=O) groups is 2. The number of amides is 2. The Bertz CT molecular complexity index is 1350. The highest BCUT2D eigenvalue weighted by Gasteiger charge is 2.40. The zero-order valence-corrected chi connectivity index (χ0v) is 27.4. The van der Waals surface area contributed by atoms with Crippen LogP contribution in [0.25, 0.3) is 0 Å². The summed E-state index contributed by atoms with van der Waals surface area (Å²) in [6.45, 7) is 11.6. The number of carbonyl (C=O) groups excluding carboxylic acids is 1. The molecule has 1 N–H and O–H groups in total. The lowest BCUT2D eigenvalue weighted by Crippen LogP contribution is -2.65. The van der Waals surface area contributed by atoms with Crippen LogP contribution in [0.1, 0.15) is 38.8 Å². The molecule has 2 fully saturated rings. The number of fused-ring (bicyclic) bond motifs is 1. The van der Waals surface area contributed by atoms with Crippen LogP contribution in [0.2, 0.25) is 0 Å². The van der Waals surface area contributed by atoms with Gasteiger partial charge in [-0.15, -0.1) is 0 Å². The Morgan fingerprint density at radius 3 is 2.39 bits per heavy atom. The molecule has 1 aromatic heterocycles. The quantitative estimate of drug-likeness (QED) is 0.387. The molecule has 0 radical (unpaired) electrons. The summed E-state index contributed by atoms with van der Waals surface area (Å²) in [5.41, 5.74) is 2.14. The molecule has 0 bridgehead atoms. The standard InChI is InChI=1S/C33H46FN5O7/c1-21-14-36(28(16-38(21)33(41)42)15-37-22(2)18-44-19-23(37)3)17-30(40)39-24(4)20-46-32-29(39)13-26(31(35-32)45-11-10-43-5)12-25-6-8-27(34)9-7-25/h6-9,13,21-24,28H,10-12,14-20H2,1-5H3,(H,41,42)/t21-,22-,23-,24+,28+/m1/s1. The molecular formula is C33H46FN5O7. The van der Waals surface area contributed by atoms with Gasteiger partial charge in [0.1, 0.15) is 24.7 Å². The van der Waals surface area contributed by atoms with Gasteiger partial charge in [-0.1, -0.05) is 12.1 Å². The monoisotopic (exact) mass is 643 g/mol. The Morgan fingerprint density at radius 1 is 1.00 bits per heavy atom. The number of nitrogens with zero attached hydrogens (tertiary/aromatic N) is 5. The predicted molar refractivity (Wildman–Crippen MR) is 169 cm³/mol. The first-order chi connectivity index (χ1) is 22.0. The van der Waals surface area contributed by atoms with Crippen molar-refractivity contribution in [2.24, 2.45) is 0 Å². The first-order valence-corrected chi connectivity index (χ1v) is 16.0. The van der Waals surface area contributed by atoms with Crippen molar-refractivity contribution < 1.29 is 38.0 Å². The van der Waals surface area contributed by atoms with E-state index in [1.807, 2.05) is 19.9 Å². The van der Waals surface area contributed by atoms with Crippen molar-refractivity contribution >= 4 is 17.7 Å². The van der Waals surface area contributed by atoms with Gasteiger partial charge < -0.3 is 33.9 Å². The van der Waals surface area contributed by atoms with Crippen LogP contribution in [-0.4, -0.2) is 133 Å². The van der Waals surface area contributed by atoms with E-state index >= 15 is 0 Å². The second kappa shape index (κ2) is 14.9. The average molecular weight is 644 g/mol. The first kappa shape index (κ1) is 33.8. The Labute approximate surface area is 269 Å². The van der Waals surface area contributed by atoms with Crippen LogP contribution < -0.4 is 14.4 Å². The number of anilines is 1. The highest BCUT2D eigenvalue weighted by atomic mass is 19.1. The molecule has 0 unspecified atom stereocenters. The van der Waals surface area contributed by atoms with Crippen LogP contribution in [-0.2, 0) is 20.7 Å². The molecule has 5 atom stereocenters. The number of carboxylic acid groups (broad SMARTS) is 1. The maximum atomic E-state index is 14.3. The van der Waals surface area contributed by atoms with Gasteiger partial charge in [0, 0.05) is 62.9 Å². The van der Waals surface area contributed by atoms with E-state index in [1.54, 1.807) is 24.1 Å². The van der Waals surface area contributed by atoms with Gasteiger partial charge in [-0.3, -0.25) is 14.6 Å². The molecule has 3 aliphatic rings. The summed E-state index contributed by atoms with van der Waals surface area (Å²) in [6, 6.07) is 7.75. The molecule has 2 saturated heterocycles. The lowest BCUT2D eigenvalue weighted by Gasteiger charge is -2.48. The van der Waals surface area contributed by atoms with Crippen LogP contribution in [0.3, 0.4) is 0 Å². The Hall–Kier alpha value is -3.52. The number of benzene rings is 1. The smallest absolute Gasteiger partial charge is 0.407 e. The molecule has 252 valence electrons. The predicted octanol–water partition coefficient (Wildman–Crippen LogP) is 3.11. The Morgan fingerprint density at radius 2 is 1.72 bits per heavy atom. The zero-order valence-electron chi connectivity index (χ0n) is 27.4. The van der Waals surface area contributed by atoms with Crippen LogP contribution in [0.4, 0.5) is 14.9 Å². The van der Waals surface area contributed by atoms with Crippen LogP contribution in [0, 0.1) is 5.82 Å². The number of halogens is 1. The maximum absolute atomic E-state index is 14.3. The third kappa shape index (κ3) is 7.71. The van der Waals surface area contributed by atoms with Crippen molar-refractivity contribution in [3.8, 4) is 11.8 Å². The summed E-state index contributed by atoms with van der Waals surface area (Å²) >= 11 is 0. The maximum Gasteiger partial charge on any atom is 0.407 e. The minimum absolute atomic E-state index is 0.110. The lowest BCUT2D eigenvalue weighted by molar-refractivity contribution is -0.122. The summed E-state index contributed by atoms with van der Waals surface area (Å²) < 4.78 is 36.5. The molecular weight excluding hydrogens is 597 g/mol. The number of aromatic nitrogens is 1. The highest BCUT2D eigenvalue weighted by molar-refractivity contribution is 5.97. The largest absolute Gasteiger partial charge is 0.475 e. The van der Waals surface area contributed by atoms with Crippen molar-refractivity contribution in [1.82, 2.24) is 19.7 Å². The summed E-state index contributed by atoms with van der Waals surface area (Å²) in [5.74, 6) is 0.230. The van der Waals surface area contributed by atoms with E-state index in [9.17, 15) is 19.1 Å². The van der Waals surface area contributed by atoms with Crippen LogP contribution in [0.15, 0.2) is 30.3 Å². The minimum Gasteiger partial charge on any atom is -0.475 e. The summed E-state index contributed by atoms with van der Waals surface area (Å²) in [6.07, 6.45) is -0.545. The van der Waals surface area contributed by atoms with E-state index in [-0.39, 0.29) is 61.7 Å². The van der Waals surface area contributed by atoms with E-state index in [1.165, 1.54) is 17.0 Å². The molecule has 13 heteroatoms. The second-order valence-electron chi connectivity index (χ2n) is 12.6. The summed E-state index contributed by atoms with van der Waals surface area (Å²) in [5, 5.41) is 9.93. The van der Waals surface area contributed by atoms with E-state index < -0.39 is 6.09 Å². The SMILES string of the molecule is COCCOc1nc2c(cc1Cc1ccc(F)cc1)N(C(=O)CN1C[C@@H](C)N(C(=O)O)C[C@@H]1CN1[C@H](C)COC[C@H]1C)[C@@H](C)CO2. The van der Waals surface area contributed by atoms with Crippen molar-refractivity contribution in [2.45, 2.75) is 64.3 Å². The van der Waals surface area contributed by atoms with Crippen molar-refractivity contribution in [2.75, 3.05) is 71.2 Å². The highest BCUT2D eigenvalue weighted by Crippen LogP contribution is 2.38. The van der Waals surface area contributed by atoms with Gasteiger partial charge >= 0.3 is 6.09 Å². The Balaban J connectivity index is 1.42. The van der Waals surface area contributed by atoms with Gasteiger partial charge in [-0.2, -0.15) is 4.98 Å². The van der Waals surface area contributed by atoms with Gasteiger partial charge in [0.25, 0.3) is 0 Å². The van der Waals surface area contributed by atoms with Gasteiger partial charge in [0.05, 0.1) is 32.4 Å². The van der Waals surface area contributed by atoms with Gasteiger partial charge in [0.2, 0.25) is 17.7 Å². The topological polar surface area (TPSA) is 117 Å². The fourth-order valence-electron chi connectivity index (χ4n) is 6.61. The summed E-state index contributed by atoms with van der Waals surface area (Å²) in [4.78, 5) is 38.8. The van der Waals surface area contributed by atoms with Crippen molar-refractivity contribution in [3.63, 3.8) is 0 Å². The van der Waals surface area contributed by atoms with Crippen LogP contribution in [0.5, 0.6) is 11.8 Å². The summed E-state index contributed by atoms with van der Waals surface area (Å²) in [7, 11) is 1.59. The zero-order chi connectivity index (χ0) is 33.0. The molecule has 0 spiro atoms. The molecule has 3 aliphatic heterocycles. The first-order valence-electron chi connectivity index (χ1n) is 16.0. The lowest BCUT2D eigenvalue weighted by atomic mass is 10.0. The van der Waals surface area contributed by atoms with E-state index in [0.29, 0.717) is 63.3 Å².